The van der Waals surface area contributed by atoms with Crippen LogP contribution in [-0.4, -0.2) is 26.4 Å². The fourth-order valence-electron chi connectivity index (χ4n) is 3.32. The molecule has 1 N–H and O–H groups in total. The lowest BCUT2D eigenvalue weighted by Crippen LogP contribution is -2.30. The first-order valence-electron chi connectivity index (χ1n) is 9.15. The molecule has 4 heteroatoms. The van der Waals surface area contributed by atoms with E-state index >= 15 is 0 Å². The molecule has 3 rings (SSSR count). The van der Waals surface area contributed by atoms with Crippen LogP contribution in [0.5, 0.6) is 17.2 Å². The first kappa shape index (κ1) is 17.6. The Labute approximate surface area is 150 Å². The van der Waals surface area contributed by atoms with Crippen LogP contribution in [0.15, 0.2) is 36.4 Å². The van der Waals surface area contributed by atoms with Gasteiger partial charge in [0.05, 0.1) is 25.9 Å². The van der Waals surface area contributed by atoms with Gasteiger partial charge in [0.1, 0.15) is 5.75 Å². The lowest BCUT2D eigenvalue weighted by atomic mass is 9.89. The predicted octanol–water partition coefficient (Wildman–Crippen LogP) is 4.12. The molecule has 0 aromatic heterocycles. The van der Waals surface area contributed by atoms with E-state index in [1.54, 1.807) is 0 Å². The lowest BCUT2D eigenvalue weighted by molar-refractivity contribution is 0.286. The van der Waals surface area contributed by atoms with Crippen molar-refractivity contribution in [2.45, 2.75) is 33.2 Å². The Balaban J connectivity index is 1.95. The number of benzene rings is 2. The van der Waals surface area contributed by atoms with Gasteiger partial charge >= 0.3 is 0 Å². The highest BCUT2D eigenvalue weighted by Gasteiger charge is 2.24. The van der Waals surface area contributed by atoms with Crippen LogP contribution in [0.4, 0.5) is 0 Å². The molecule has 1 atom stereocenters. The van der Waals surface area contributed by atoms with Gasteiger partial charge in [-0.1, -0.05) is 12.1 Å². The molecule has 2 aromatic rings. The van der Waals surface area contributed by atoms with E-state index in [2.05, 4.69) is 29.6 Å². The van der Waals surface area contributed by atoms with Gasteiger partial charge in [0.15, 0.2) is 11.5 Å². The van der Waals surface area contributed by atoms with Crippen molar-refractivity contribution in [3.05, 3.63) is 53.1 Å². The summed E-state index contributed by atoms with van der Waals surface area (Å²) >= 11 is 0. The number of fused-ring (bicyclic) bond motifs is 1. The van der Waals surface area contributed by atoms with E-state index in [0.29, 0.717) is 19.8 Å². The summed E-state index contributed by atoms with van der Waals surface area (Å²) in [5.74, 6) is 2.57. The Bertz CT molecular complexity index is 697. The van der Waals surface area contributed by atoms with E-state index in [9.17, 15) is 0 Å². The van der Waals surface area contributed by atoms with Gasteiger partial charge in [-0.2, -0.15) is 0 Å². The summed E-state index contributed by atoms with van der Waals surface area (Å²) < 4.78 is 17.1. The van der Waals surface area contributed by atoms with E-state index < -0.39 is 0 Å². The minimum atomic E-state index is 0.161. The number of rotatable bonds is 7. The molecule has 4 nitrogen and oxygen atoms in total. The molecule has 0 saturated carbocycles. The molecule has 134 valence electrons. The van der Waals surface area contributed by atoms with Crippen molar-refractivity contribution in [1.82, 2.24) is 5.32 Å². The standard InChI is InChI=1S/C21H27NO3/c1-4-23-17-9-7-15(8-10-17)21-18-14-20(25-6-3)19(24-5-2)13-16(18)11-12-22-21/h7-10,13-14,21-22H,4-6,11-12H2,1-3H3/t21-/m0/s1. The van der Waals surface area contributed by atoms with E-state index in [1.807, 2.05) is 32.9 Å². The molecule has 1 aliphatic rings. The smallest absolute Gasteiger partial charge is 0.161 e. The number of ether oxygens (including phenoxy) is 3. The topological polar surface area (TPSA) is 39.7 Å². The number of nitrogens with one attached hydrogen (secondary N) is 1. The van der Waals surface area contributed by atoms with Crippen LogP contribution in [0.2, 0.25) is 0 Å². The molecule has 0 radical (unpaired) electrons. The molecular formula is C21H27NO3. The van der Waals surface area contributed by atoms with Crippen LogP contribution >= 0.6 is 0 Å². The second-order valence-corrected chi connectivity index (χ2v) is 6.00. The maximum Gasteiger partial charge on any atom is 0.161 e. The SMILES string of the molecule is CCOc1ccc([C@@H]2NCCc3cc(OCC)c(OCC)cc32)cc1. The molecule has 0 spiro atoms. The molecule has 0 saturated heterocycles. The summed E-state index contributed by atoms with van der Waals surface area (Å²) in [5.41, 5.74) is 3.82. The average molecular weight is 341 g/mol. The molecular weight excluding hydrogens is 314 g/mol. The van der Waals surface area contributed by atoms with Gasteiger partial charge in [-0.25, -0.2) is 0 Å². The molecule has 25 heavy (non-hydrogen) atoms. The maximum absolute atomic E-state index is 5.82. The summed E-state index contributed by atoms with van der Waals surface area (Å²) in [7, 11) is 0. The highest BCUT2D eigenvalue weighted by molar-refractivity contribution is 5.52. The van der Waals surface area contributed by atoms with Crippen molar-refractivity contribution in [2.75, 3.05) is 26.4 Å². The third-order valence-electron chi connectivity index (χ3n) is 4.38. The summed E-state index contributed by atoms with van der Waals surface area (Å²) in [6.45, 7) is 8.89. The summed E-state index contributed by atoms with van der Waals surface area (Å²) in [6.07, 6.45) is 0.995. The summed E-state index contributed by atoms with van der Waals surface area (Å²) in [4.78, 5) is 0. The van der Waals surface area contributed by atoms with E-state index in [4.69, 9.17) is 14.2 Å². The highest BCUT2D eigenvalue weighted by Crippen LogP contribution is 2.38. The van der Waals surface area contributed by atoms with E-state index in [0.717, 1.165) is 30.2 Å². The normalized spacial score (nSPS) is 16.2. The average Bonchev–Trinajstić information content (AvgIpc) is 2.63. The van der Waals surface area contributed by atoms with E-state index in [1.165, 1.54) is 16.7 Å². The second kappa shape index (κ2) is 8.26. The van der Waals surface area contributed by atoms with Crippen LogP contribution in [-0.2, 0) is 6.42 Å². The Morgan fingerprint density at radius 3 is 2.16 bits per heavy atom. The fourth-order valence-corrected chi connectivity index (χ4v) is 3.32. The Hall–Kier alpha value is -2.20. The van der Waals surface area contributed by atoms with Crippen molar-refractivity contribution >= 4 is 0 Å². The zero-order valence-corrected chi connectivity index (χ0v) is 15.3. The van der Waals surface area contributed by atoms with Crippen molar-refractivity contribution < 1.29 is 14.2 Å². The molecule has 0 aliphatic carbocycles. The van der Waals surface area contributed by atoms with Crippen LogP contribution in [0.25, 0.3) is 0 Å². The van der Waals surface area contributed by atoms with Crippen LogP contribution in [0, 0.1) is 0 Å². The minimum Gasteiger partial charge on any atom is -0.494 e. The second-order valence-electron chi connectivity index (χ2n) is 6.00. The largest absolute Gasteiger partial charge is 0.494 e. The van der Waals surface area contributed by atoms with Crippen molar-refractivity contribution in [2.24, 2.45) is 0 Å². The highest BCUT2D eigenvalue weighted by atomic mass is 16.5. The van der Waals surface area contributed by atoms with Crippen LogP contribution in [0.3, 0.4) is 0 Å². The lowest BCUT2D eigenvalue weighted by Gasteiger charge is -2.29. The molecule has 0 fully saturated rings. The zero-order valence-electron chi connectivity index (χ0n) is 15.3. The molecule has 1 aliphatic heterocycles. The minimum absolute atomic E-state index is 0.161. The monoisotopic (exact) mass is 341 g/mol. The van der Waals surface area contributed by atoms with Gasteiger partial charge in [0.2, 0.25) is 0 Å². The Kier molecular flexibility index (Phi) is 5.82. The van der Waals surface area contributed by atoms with Gasteiger partial charge in [-0.05, 0) is 68.1 Å². The van der Waals surface area contributed by atoms with Gasteiger partial charge in [-0.15, -0.1) is 0 Å². The van der Waals surface area contributed by atoms with Crippen LogP contribution < -0.4 is 19.5 Å². The van der Waals surface area contributed by atoms with Crippen molar-refractivity contribution in [1.29, 1.82) is 0 Å². The summed E-state index contributed by atoms with van der Waals surface area (Å²) in [6, 6.07) is 12.8. The first-order chi connectivity index (χ1) is 12.3. The third-order valence-corrected chi connectivity index (χ3v) is 4.38. The first-order valence-corrected chi connectivity index (χ1v) is 9.15. The quantitative estimate of drug-likeness (QED) is 0.822. The van der Waals surface area contributed by atoms with Gasteiger partial charge in [-0.3, -0.25) is 0 Å². The van der Waals surface area contributed by atoms with E-state index in [-0.39, 0.29) is 6.04 Å². The molecule has 0 unspecified atom stereocenters. The third kappa shape index (κ3) is 3.90. The molecule has 0 bridgehead atoms. The van der Waals surface area contributed by atoms with Gasteiger partial charge in [0.25, 0.3) is 0 Å². The molecule has 1 heterocycles. The van der Waals surface area contributed by atoms with Crippen molar-refractivity contribution in [3.63, 3.8) is 0 Å². The van der Waals surface area contributed by atoms with Crippen molar-refractivity contribution in [3.8, 4) is 17.2 Å². The van der Waals surface area contributed by atoms with Gasteiger partial charge < -0.3 is 19.5 Å². The molecule has 0 amide bonds. The Morgan fingerprint density at radius 1 is 0.880 bits per heavy atom. The maximum atomic E-state index is 5.82. The number of hydrogen-bond donors (Lipinski definition) is 1. The summed E-state index contributed by atoms with van der Waals surface area (Å²) in [5, 5.41) is 3.63. The number of hydrogen-bond acceptors (Lipinski definition) is 4. The fraction of sp³-hybridized carbons (Fsp3) is 0.429. The predicted molar refractivity (Wildman–Crippen MR) is 99.9 cm³/mol. The van der Waals surface area contributed by atoms with Crippen LogP contribution in [0.1, 0.15) is 43.5 Å². The molecule has 2 aromatic carbocycles. The Morgan fingerprint density at radius 2 is 1.52 bits per heavy atom. The van der Waals surface area contributed by atoms with Gasteiger partial charge in [0, 0.05) is 6.54 Å². The zero-order chi connectivity index (χ0) is 17.6.